The Morgan fingerprint density at radius 3 is 2.48 bits per heavy atom. The Kier molecular flexibility index (Phi) is 8.60. The Hall–Kier alpha value is -2.72. The standard InChI is InChI=1S/C27H31NO2S/c1-4-30-26-17-14-23(18-24(26)19-31-25-15-10-20(2)11-16-25)27(29)28-21(3)12-13-22-8-6-5-7-9-22/h5-11,14-18,21H,4,12-13,19H2,1-3H3,(H,28,29)/t21-/m0/s1. The number of rotatable bonds is 10. The molecule has 4 heteroatoms. The van der Waals surface area contributed by atoms with E-state index in [2.05, 4.69) is 67.7 Å². The highest BCUT2D eigenvalue weighted by atomic mass is 32.2. The van der Waals surface area contributed by atoms with Crippen LogP contribution in [0, 0.1) is 6.92 Å². The molecule has 3 nitrogen and oxygen atoms in total. The monoisotopic (exact) mass is 433 g/mol. The molecule has 3 aromatic carbocycles. The summed E-state index contributed by atoms with van der Waals surface area (Å²) in [6.07, 6.45) is 1.85. The predicted molar refractivity (Wildman–Crippen MR) is 130 cm³/mol. The molecule has 0 unspecified atom stereocenters. The van der Waals surface area contributed by atoms with Crippen LogP contribution in [0.5, 0.6) is 5.75 Å². The van der Waals surface area contributed by atoms with Gasteiger partial charge < -0.3 is 10.1 Å². The molecule has 0 fully saturated rings. The van der Waals surface area contributed by atoms with E-state index in [-0.39, 0.29) is 11.9 Å². The molecular formula is C27H31NO2S. The van der Waals surface area contributed by atoms with Crippen molar-refractivity contribution < 1.29 is 9.53 Å². The van der Waals surface area contributed by atoms with Gasteiger partial charge in [-0.2, -0.15) is 0 Å². The summed E-state index contributed by atoms with van der Waals surface area (Å²) < 4.78 is 5.80. The highest BCUT2D eigenvalue weighted by Crippen LogP contribution is 2.29. The predicted octanol–water partition coefficient (Wildman–Crippen LogP) is 6.44. The first-order chi connectivity index (χ1) is 15.0. The molecule has 0 radical (unpaired) electrons. The van der Waals surface area contributed by atoms with Gasteiger partial charge in [0.15, 0.2) is 0 Å². The van der Waals surface area contributed by atoms with E-state index in [0.29, 0.717) is 12.2 Å². The van der Waals surface area contributed by atoms with Crippen LogP contribution in [0.1, 0.15) is 47.3 Å². The molecule has 0 heterocycles. The number of amides is 1. The Balaban J connectivity index is 1.63. The fourth-order valence-electron chi connectivity index (χ4n) is 3.33. The maximum Gasteiger partial charge on any atom is 0.251 e. The average Bonchev–Trinajstić information content (AvgIpc) is 2.79. The van der Waals surface area contributed by atoms with E-state index in [1.54, 1.807) is 11.8 Å². The quantitative estimate of drug-likeness (QED) is 0.374. The second-order valence-electron chi connectivity index (χ2n) is 7.76. The molecule has 0 aromatic heterocycles. The molecule has 0 spiro atoms. The minimum Gasteiger partial charge on any atom is -0.494 e. The van der Waals surface area contributed by atoms with E-state index >= 15 is 0 Å². The lowest BCUT2D eigenvalue weighted by Crippen LogP contribution is -2.33. The van der Waals surface area contributed by atoms with Crippen LogP contribution in [0.3, 0.4) is 0 Å². The van der Waals surface area contributed by atoms with E-state index in [0.717, 1.165) is 29.9 Å². The second-order valence-corrected chi connectivity index (χ2v) is 8.80. The molecule has 0 saturated carbocycles. The lowest BCUT2D eigenvalue weighted by Gasteiger charge is -2.16. The van der Waals surface area contributed by atoms with E-state index in [1.165, 1.54) is 16.0 Å². The highest BCUT2D eigenvalue weighted by molar-refractivity contribution is 7.98. The van der Waals surface area contributed by atoms with Gasteiger partial charge in [-0.05, 0) is 69.5 Å². The van der Waals surface area contributed by atoms with Crippen molar-refractivity contribution in [3.05, 3.63) is 95.1 Å². The summed E-state index contributed by atoms with van der Waals surface area (Å²) in [4.78, 5) is 14.0. The zero-order chi connectivity index (χ0) is 22.1. The van der Waals surface area contributed by atoms with Crippen molar-refractivity contribution in [2.45, 2.75) is 50.3 Å². The number of ether oxygens (including phenoxy) is 1. The maximum atomic E-state index is 12.8. The van der Waals surface area contributed by atoms with Crippen LogP contribution in [-0.2, 0) is 12.2 Å². The molecule has 3 rings (SSSR count). The third kappa shape index (κ3) is 7.18. The van der Waals surface area contributed by atoms with Crippen molar-refractivity contribution in [2.24, 2.45) is 0 Å². The van der Waals surface area contributed by atoms with Gasteiger partial charge in [-0.15, -0.1) is 11.8 Å². The van der Waals surface area contributed by atoms with Gasteiger partial charge in [0.25, 0.3) is 5.91 Å². The third-order valence-electron chi connectivity index (χ3n) is 5.12. The zero-order valence-corrected chi connectivity index (χ0v) is 19.4. The summed E-state index contributed by atoms with van der Waals surface area (Å²) in [5, 5.41) is 3.14. The minimum absolute atomic E-state index is 0.0369. The zero-order valence-electron chi connectivity index (χ0n) is 18.6. The number of hydrogen-bond acceptors (Lipinski definition) is 3. The van der Waals surface area contributed by atoms with Crippen LogP contribution in [0.2, 0.25) is 0 Å². The summed E-state index contributed by atoms with van der Waals surface area (Å²) in [5.41, 5.74) is 4.26. The van der Waals surface area contributed by atoms with Gasteiger partial charge >= 0.3 is 0 Å². The van der Waals surface area contributed by atoms with Crippen LogP contribution < -0.4 is 10.1 Å². The number of carbonyl (C=O) groups excluding carboxylic acids is 1. The van der Waals surface area contributed by atoms with E-state index in [9.17, 15) is 4.79 Å². The number of carbonyl (C=O) groups is 1. The summed E-state index contributed by atoms with van der Waals surface area (Å²) >= 11 is 1.75. The normalized spacial score (nSPS) is 11.7. The Labute approximate surface area is 190 Å². The smallest absolute Gasteiger partial charge is 0.251 e. The number of benzene rings is 3. The van der Waals surface area contributed by atoms with Crippen molar-refractivity contribution >= 4 is 17.7 Å². The van der Waals surface area contributed by atoms with Gasteiger partial charge in [-0.3, -0.25) is 4.79 Å². The Morgan fingerprint density at radius 2 is 1.77 bits per heavy atom. The van der Waals surface area contributed by atoms with Crippen LogP contribution in [0.4, 0.5) is 0 Å². The fraction of sp³-hybridized carbons (Fsp3) is 0.296. The van der Waals surface area contributed by atoms with Gasteiger partial charge in [0.2, 0.25) is 0 Å². The Bertz CT molecular complexity index is 970. The molecule has 0 aliphatic heterocycles. The number of thioether (sulfide) groups is 1. The van der Waals surface area contributed by atoms with Gasteiger partial charge in [0.1, 0.15) is 5.75 Å². The van der Waals surface area contributed by atoms with Crippen LogP contribution in [0.15, 0.2) is 77.7 Å². The SMILES string of the molecule is CCOc1ccc(C(=O)N[C@@H](C)CCc2ccccc2)cc1CSc1ccc(C)cc1. The molecule has 31 heavy (non-hydrogen) atoms. The molecule has 1 N–H and O–H groups in total. The molecule has 3 aromatic rings. The van der Waals surface area contributed by atoms with Gasteiger partial charge in [-0.1, -0.05) is 48.0 Å². The third-order valence-corrected chi connectivity index (χ3v) is 6.19. The molecule has 1 atom stereocenters. The highest BCUT2D eigenvalue weighted by Gasteiger charge is 2.13. The average molecular weight is 434 g/mol. The van der Waals surface area contributed by atoms with Crippen molar-refractivity contribution in [2.75, 3.05) is 6.61 Å². The molecule has 0 bridgehead atoms. The first-order valence-electron chi connectivity index (χ1n) is 10.8. The van der Waals surface area contributed by atoms with Crippen LogP contribution >= 0.6 is 11.8 Å². The number of nitrogens with one attached hydrogen (secondary N) is 1. The second kappa shape index (κ2) is 11.6. The molecular weight excluding hydrogens is 402 g/mol. The van der Waals surface area contributed by atoms with Crippen LogP contribution in [0.25, 0.3) is 0 Å². The van der Waals surface area contributed by atoms with Crippen molar-refractivity contribution in [3.8, 4) is 5.75 Å². The maximum absolute atomic E-state index is 12.8. The van der Waals surface area contributed by atoms with Gasteiger partial charge in [0, 0.05) is 27.8 Å². The number of hydrogen-bond donors (Lipinski definition) is 1. The summed E-state index contributed by atoms with van der Waals surface area (Å²) in [6.45, 7) is 6.73. The molecule has 1 amide bonds. The van der Waals surface area contributed by atoms with Gasteiger partial charge in [0.05, 0.1) is 6.61 Å². The summed E-state index contributed by atoms with van der Waals surface area (Å²) in [7, 11) is 0. The molecule has 0 aliphatic carbocycles. The van der Waals surface area contributed by atoms with Crippen molar-refractivity contribution in [1.29, 1.82) is 0 Å². The first-order valence-corrected chi connectivity index (χ1v) is 11.8. The van der Waals surface area contributed by atoms with E-state index in [4.69, 9.17) is 4.74 Å². The topological polar surface area (TPSA) is 38.3 Å². The molecule has 0 aliphatic rings. The minimum atomic E-state index is -0.0369. The van der Waals surface area contributed by atoms with Crippen molar-refractivity contribution in [1.82, 2.24) is 5.32 Å². The van der Waals surface area contributed by atoms with E-state index in [1.807, 2.05) is 31.2 Å². The summed E-state index contributed by atoms with van der Waals surface area (Å²) in [5.74, 6) is 1.56. The molecule has 0 saturated heterocycles. The lowest BCUT2D eigenvalue weighted by molar-refractivity contribution is 0.0938. The Morgan fingerprint density at radius 1 is 1.03 bits per heavy atom. The lowest BCUT2D eigenvalue weighted by atomic mass is 10.1. The van der Waals surface area contributed by atoms with Crippen molar-refractivity contribution in [3.63, 3.8) is 0 Å². The molecule has 162 valence electrons. The first kappa shape index (κ1) is 23.0. The fourth-order valence-corrected chi connectivity index (χ4v) is 4.21. The van der Waals surface area contributed by atoms with Crippen LogP contribution in [-0.4, -0.2) is 18.6 Å². The van der Waals surface area contributed by atoms with Gasteiger partial charge in [-0.25, -0.2) is 0 Å². The number of aryl methyl sites for hydroxylation is 2. The summed E-state index contributed by atoms with van der Waals surface area (Å²) in [6, 6.07) is 24.7. The largest absolute Gasteiger partial charge is 0.494 e. The van der Waals surface area contributed by atoms with E-state index < -0.39 is 0 Å².